The Bertz CT molecular complexity index is 330. The SMILES string of the molecule is CC(CCNC1(C)CCOC1)c1ccccc1. The van der Waals surface area contributed by atoms with Crippen LogP contribution in [-0.2, 0) is 4.74 Å². The summed E-state index contributed by atoms with van der Waals surface area (Å²) >= 11 is 0. The van der Waals surface area contributed by atoms with Crippen LogP contribution in [0.15, 0.2) is 30.3 Å². The molecule has 1 aromatic carbocycles. The van der Waals surface area contributed by atoms with Crippen LogP contribution in [0, 0.1) is 0 Å². The number of rotatable bonds is 5. The fourth-order valence-electron chi connectivity index (χ4n) is 2.35. The van der Waals surface area contributed by atoms with Crippen LogP contribution in [0.25, 0.3) is 0 Å². The van der Waals surface area contributed by atoms with Crippen molar-refractivity contribution < 1.29 is 4.74 Å². The molecule has 1 N–H and O–H groups in total. The van der Waals surface area contributed by atoms with E-state index in [1.807, 2.05) is 0 Å². The van der Waals surface area contributed by atoms with Crippen LogP contribution < -0.4 is 5.32 Å². The first-order chi connectivity index (χ1) is 8.20. The average molecular weight is 233 g/mol. The van der Waals surface area contributed by atoms with Gasteiger partial charge in [0.25, 0.3) is 0 Å². The van der Waals surface area contributed by atoms with E-state index in [2.05, 4.69) is 49.5 Å². The molecule has 0 radical (unpaired) electrons. The molecule has 0 saturated carbocycles. The van der Waals surface area contributed by atoms with Crippen molar-refractivity contribution in [3.63, 3.8) is 0 Å². The van der Waals surface area contributed by atoms with Crippen molar-refractivity contribution in [2.75, 3.05) is 19.8 Å². The summed E-state index contributed by atoms with van der Waals surface area (Å²) in [6.45, 7) is 7.37. The Balaban J connectivity index is 1.75. The van der Waals surface area contributed by atoms with Crippen molar-refractivity contribution in [3.8, 4) is 0 Å². The topological polar surface area (TPSA) is 21.3 Å². The van der Waals surface area contributed by atoms with Crippen LogP contribution in [0.1, 0.15) is 38.2 Å². The highest BCUT2D eigenvalue weighted by atomic mass is 16.5. The standard InChI is InChI=1S/C15H23NO/c1-13(14-6-4-3-5-7-14)8-10-16-15(2)9-11-17-12-15/h3-7,13,16H,8-12H2,1-2H3. The highest BCUT2D eigenvalue weighted by molar-refractivity contribution is 5.18. The Labute approximate surface area is 104 Å². The van der Waals surface area contributed by atoms with Gasteiger partial charge in [0.1, 0.15) is 0 Å². The second kappa shape index (κ2) is 5.65. The van der Waals surface area contributed by atoms with Crippen LogP contribution >= 0.6 is 0 Å². The first-order valence-corrected chi connectivity index (χ1v) is 6.57. The van der Waals surface area contributed by atoms with Gasteiger partial charge in [-0.2, -0.15) is 0 Å². The summed E-state index contributed by atoms with van der Waals surface area (Å²) < 4.78 is 5.44. The van der Waals surface area contributed by atoms with Gasteiger partial charge in [-0.05, 0) is 37.8 Å². The van der Waals surface area contributed by atoms with Crippen LogP contribution in [0.3, 0.4) is 0 Å². The zero-order chi connectivity index (χ0) is 12.1. The van der Waals surface area contributed by atoms with Crippen LogP contribution in [0.5, 0.6) is 0 Å². The maximum Gasteiger partial charge on any atom is 0.0646 e. The zero-order valence-electron chi connectivity index (χ0n) is 10.9. The molecule has 1 aliphatic heterocycles. The highest BCUT2D eigenvalue weighted by Gasteiger charge is 2.28. The van der Waals surface area contributed by atoms with Gasteiger partial charge in [0.15, 0.2) is 0 Å². The molecular formula is C15H23NO. The van der Waals surface area contributed by atoms with Gasteiger partial charge in [0.2, 0.25) is 0 Å². The molecule has 17 heavy (non-hydrogen) atoms. The average Bonchev–Trinajstić information content (AvgIpc) is 2.77. The monoisotopic (exact) mass is 233 g/mol. The van der Waals surface area contributed by atoms with Gasteiger partial charge in [0.05, 0.1) is 6.61 Å². The van der Waals surface area contributed by atoms with Crippen LogP contribution in [0.4, 0.5) is 0 Å². The van der Waals surface area contributed by atoms with Gasteiger partial charge in [-0.1, -0.05) is 37.3 Å². The molecule has 0 bridgehead atoms. The van der Waals surface area contributed by atoms with Crippen molar-refractivity contribution in [2.45, 2.75) is 38.1 Å². The first-order valence-electron chi connectivity index (χ1n) is 6.57. The van der Waals surface area contributed by atoms with Gasteiger partial charge in [-0.25, -0.2) is 0 Å². The summed E-state index contributed by atoms with van der Waals surface area (Å²) in [5.41, 5.74) is 1.64. The van der Waals surface area contributed by atoms with Gasteiger partial charge >= 0.3 is 0 Å². The smallest absolute Gasteiger partial charge is 0.0646 e. The first kappa shape index (κ1) is 12.6. The van der Waals surface area contributed by atoms with E-state index in [1.165, 1.54) is 12.0 Å². The van der Waals surface area contributed by atoms with Gasteiger partial charge in [0, 0.05) is 12.1 Å². The number of hydrogen-bond acceptors (Lipinski definition) is 2. The lowest BCUT2D eigenvalue weighted by atomic mass is 9.96. The van der Waals surface area contributed by atoms with E-state index < -0.39 is 0 Å². The van der Waals surface area contributed by atoms with Crippen LogP contribution in [-0.4, -0.2) is 25.3 Å². The Morgan fingerprint density at radius 1 is 1.35 bits per heavy atom. The Morgan fingerprint density at radius 3 is 2.76 bits per heavy atom. The number of benzene rings is 1. The molecule has 94 valence electrons. The largest absolute Gasteiger partial charge is 0.379 e. The maximum absolute atomic E-state index is 5.44. The summed E-state index contributed by atoms with van der Waals surface area (Å²) in [5, 5.41) is 3.63. The molecule has 0 aromatic heterocycles. The minimum Gasteiger partial charge on any atom is -0.379 e. The lowest BCUT2D eigenvalue weighted by molar-refractivity contribution is 0.171. The van der Waals surface area contributed by atoms with Crippen LogP contribution in [0.2, 0.25) is 0 Å². The zero-order valence-corrected chi connectivity index (χ0v) is 10.9. The Kier molecular flexibility index (Phi) is 4.19. The van der Waals surface area contributed by atoms with E-state index in [4.69, 9.17) is 4.74 Å². The molecule has 0 spiro atoms. The minimum atomic E-state index is 0.205. The summed E-state index contributed by atoms with van der Waals surface area (Å²) in [6, 6.07) is 10.7. The molecule has 1 heterocycles. The molecule has 0 amide bonds. The molecule has 0 aliphatic carbocycles. The highest BCUT2D eigenvalue weighted by Crippen LogP contribution is 2.20. The van der Waals surface area contributed by atoms with E-state index in [-0.39, 0.29) is 5.54 Å². The Morgan fingerprint density at radius 2 is 2.12 bits per heavy atom. The van der Waals surface area contributed by atoms with Gasteiger partial charge in [-0.15, -0.1) is 0 Å². The lowest BCUT2D eigenvalue weighted by Gasteiger charge is -2.24. The van der Waals surface area contributed by atoms with E-state index >= 15 is 0 Å². The molecule has 2 unspecified atom stereocenters. The second-order valence-electron chi connectivity index (χ2n) is 5.39. The second-order valence-corrected chi connectivity index (χ2v) is 5.39. The number of ether oxygens (including phenoxy) is 1. The van der Waals surface area contributed by atoms with Crippen molar-refractivity contribution in [2.24, 2.45) is 0 Å². The normalized spacial score (nSPS) is 26.0. The third kappa shape index (κ3) is 3.55. The van der Waals surface area contributed by atoms with E-state index in [9.17, 15) is 0 Å². The summed E-state index contributed by atoms with van der Waals surface area (Å²) in [4.78, 5) is 0. The maximum atomic E-state index is 5.44. The fraction of sp³-hybridized carbons (Fsp3) is 0.600. The molecule has 2 heteroatoms. The molecule has 2 nitrogen and oxygen atoms in total. The number of hydrogen-bond donors (Lipinski definition) is 1. The number of nitrogens with one attached hydrogen (secondary N) is 1. The third-order valence-electron chi connectivity index (χ3n) is 3.72. The van der Waals surface area contributed by atoms with Crippen molar-refractivity contribution >= 4 is 0 Å². The van der Waals surface area contributed by atoms with Gasteiger partial charge < -0.3 is 10.1 Å². The molecule has 2 rings (SSSR count). The molecule has 1 fully saturated rings. The minimum absolute atomic E-state index is 0.205. The lowest BCUT2D eigenvalue weighted by Crippen LogP contribution is -2.43. The van der Waals surface area contributed by atoms with Crippen molar-refractivity contribution in [1.82, 2.24) is 5.32 Å². The summed E-state index contributed by atoms with van der Waals surface area (Å²) in [6.07, 6.45) is 2.31. The summed E-state index contributed by atoms with van der Waals surface area (Å²) in [5.74, 6) is 0.620. The predicted octanol–water partition coefficient (Wildman–Crippen LogP) is 2.95. The predicted molar refractivity (Wildman–Crippen MR) is 71.3 cm³/mol. The summed E-state index contributed by atoms with van der Waals surface area (Å²) in [7, 11) is 0. The van der Waals surface area contributed by atoms with Gasteiger partial charge in [-0.3, -0.25) is 0 Å². The molecular weight excluding hydrogens is 210 g/mol. The van der Waals surface area contributed by atoms with E-state index in [0.29, 0.717) is 5.92 Å². The molecule has 1 saturated heterocycles. The molecule has 1 aliphatic rings. The van der Waals surface area contributed by atoms with E-state index in [1.54, 1.807) is 0 Å². The Hall–Kier alpha value is -0.860. The van der Waals surface area contributed by atoms with E-state index in [0.717, 1.165) is 26.2 Å². The molecule has 2 atom stereocenters. The third-order valence-corrected chi connectivity index (χ3v) is 3.72. The van der Waals surface area contributed by atoms with Crippen molar-refractivity contribution in [1.29, 1.82) is 0 Å². The quantitative estimate of drug-likeness (QED) is 0.844. The fourth-order valence-corrected chi connectivity index (χ4v) is 2.35. The van der Waals surface area contributed by atoms with Crippen molar-refractivity contribution in [3.05, 3.63) is 35.9 Å². The molecule has 1 aromatic rings.